The fraction of sp³-hybridized carbons (Fsp3) is 0.250. The Hall–Kier alpha value is -2.03. The number of nitrogens with one attached hydrogen (secondary N) is 2. The van der Waals surface area contributed by atoms with Gasteiger partial charge in [-0.3, -0.25) is 5.43 Å². The van der Waals surface area contributed by atoms with Crippen molar-refractivity contribution in [3.05, 3.63) is 47.1 Å². The maximum atomic E-state index is 12.4. The maximum Gasteiger partial charge on any atom is 0.257 e. The van der Waals surface area contributed by atoms with Crippen LogP contribution < -0.4 is 10.3 Å². The molecule has 4 rings (SSSR count). The zero-order valence-electron chi connectivity index (χ0n) is 12.8. The lowest BCUT2D eigenvalue weighted by Crippen LogP contribution is -2.30. The average molecular weight is 360 g/mol. The monoisotopic (exact) mass is 360 g/mol. The van der Waals surface area contributed by atoms with Gasteiger partial charge >= 0.3 is 0 Å². The first-order valence-corrected chi connectivity index (χ1v) is 10.0. The number of benzene rings is 1. The Labute approximate surface area is 144 Å². The van der Waals surface area contributed by atoms with Crippen LogP contribution in [-0.2, 0) is 22.9 Å². The maximum absolute atomic E-state index is 12.4. The predicted octanol–water partition coefficient (Wildman–Crippen LogP) is 2.88. The van der Waals surface area contributed by atoms with E-state index in [4.69, 9.17) is 0 Å². The molecule has 0 saturated carbocycles. The second kappa shape index (κ2) is 6.12. The third kappa shape index (κ3) is 2.77. The number of hydrazine groups is 1. The van der Waals surface area contributed by atoms with Gasteiger partial charge in [-0.05, 0) is 43.4 Å². The van der Waals surface area contributed by atoms with E-state index in [1.807, 2.05) is 0 Å². The van der Waals surface area contributed by atoms with Crippen LogP contribution in [0.25, 0.3) is 10.2 Å². The van der Waals surface area contributed by atoms with Crippen LogP contribution in [-0.4, -0.2) is 18.4 Å². The van der Waals surface area contributed by atoms with Crippen LogP contribution in [0.4, 0.5) is 5.82 Å². The van der Waals surface area contributed by atoms with Gasteiger partial charge in [0, 0.05) is 4.88 Å². The Bertz CT molecular complexity index is 984. The van der Waals surface area contributed by atoms with Gasteiger partial charge < -0.3 is 0 Å². The molecule has 0 unspecified atom stereocenters. The molecule has 2 aromatic heterocycles. The summed E-state index contributed by atoms with van der Waals surface area (Å²) in [7, 11) is -3.65. The van der Waals surface area contributed by atoms with Gasteiger partial charge in [0.15, 0.2) is 5.82 Å². The molecule has 124 valence electrons. The molecule has 0 aliphatic heterocycles. The van der Waals surface area contributed by atoms with Gasteiger partial charge in [-0.25, -0.2) is 18.4 Å². The van der Waals surface area contributed by atoms with Crippen molar-refractivity contribution in [1.29, 1.82) is 0 Å². The van der Waals surface area contributed by atoms with Crippen LogP contribution in [0.3, 0.4) is 0 Å². The molecule has 0 fully saturated rings. The first-order chi connectivity index (χ1) is 11.6. The number of fused-ring (bicyclic) bond motifs is 3. The van der Waals surface area contributed by atoms with Crippen molar-refractivity contribution in [2.75, 3.05) is 5.43 Å². The summed E-state index contributed by atoms with van der Waals surface area (Å²) in [6.45, 7) is 0. The molecule has 0 atom stereocenters. The van der Waals surface area contributed by atoms with Crippen LogP contribution in [0.1, 0.15) is 23.3 Å². The summed E-state index contributed by atoms with van der Waals surface area (Å²) < 4.78 is 24.7. The summed E-state index contributed by atoms with van der Waals surface area (Å²) in [5.41, 5.74) is 4.03. The normalized spacial score (nSPS) is 14.5. The molecule has 3 aromatic rings. The number of aromatic nitrogens is 2. The Balaban J connectivity index is 1.67. The van der Waals surface area contributed by atoms with E-state index in [1.165, 1.54) is 23.2 Å². The molecule has 6 nitrogen and oxygen atoms in total. The van der Waals surface area contributed by atoms with E-state index >= 15 is 0 Å². The molecule has 24 heavy (non-hydrogen) atoms. The average Bonchev–Trinajstić information content (AvgIpc) is 3.00. The number of nitrogens with zero attached hydrogens (tertiary/aromatic N) is 2. The highest BCUT2D eigenvalue weighted by molar-refractivity contribution is 7.89. The van der Waals surface area contributed by atoms with Crippen molar-refractivity contribution in [3.63, 3.8) is 0 Å². The highest BCUT2D eigenvalue weighted by Gasteiger charge is 2.21. The molecule has 2 heterocycles. The summed E-state index contributed by atoms with van der Waals surface area (Å²) in [6, 6.07) is 8.25. The number of anilines is 1. The number of sulfonamides is 1. The fourth-order valence-corrected chi connectivity index (χ4v) is 5.05. The first kappa shape index (κ1) is 15.5. The molecule has 0 bridgehead atoms. The molecular formula is C16H16N4O2S2. The first-order valence-electron chi connectivity index (χ1n) is 7.73. The number of hydrogen-bond acceptors (Lipinski definition) is 6. The third-order valence-electron chi connectivity index (χ3n) is 4.11. The van der Waals surface area contributed by atoms with E-state index in [0.717, 1.165) is 29.5 Å². The molecule has 0 radical (unpaired) electrons. The molecule has 1 aliphatic carbocycles. The van der Waals surface area contributed by atoms with E-state index in [-0.39, 0.29) is 4.90 Å². The smallest absolute Gasteiger partial charge is 0.257 e. The minimum absolute atomic E-state index is 0.204. The summed E-state index contributed by atoms with van der Waals surface area (Å²) in [5.74, 6) is 0.513. The van der Waals surface area contributed by atoms with Gasteiger partial charge in [0.1, 0.15) is 11.2 Å². The largest absolute Gasteiger partial charge is 0.291 e. The SMILES string of the molecule is O=S(=O)(NNc1ncnc2sc3c(c12)CCCC3)c1ccccc1. The van der Waals surface area contributed by atoms with Crippen LogP contribution in [0.5, 0.6) is 0 Å². The Morgan fingerprint density at radius 1 is 1.04 bits per heavy atom. The summed E-state index contributed by atoms with van der Waals surface area (Å²) in [5, 5.41) is 0.938. The van der Waals surface area contributed by atoms with Gasteiger partial charge in [0.2, 0.25) is 0 Å². The molecule has 0 amide bonds. The zero-order valence-corrected chi connectivity index (χ0v) is 14.5. The highest BCUT2D eigenvalue weighted by Crippen LogP contribution is 2.37. The summed E-state index contributed by atoms with van der Waals surface area (Å²) >= 11 is 1.68. The number of hydrogen-bond donors (Lipinski definition) is 2. The second-order valence-corrected chi connectivity index (χ2v) is 8.42. The molecule has 1 aliphatic rings. The molecule has 0 spiro atoms. The van der Waals surface area contributed by atoms with Gasteiger partial charge in [-0.2, -0.15) is 0 Å². The van der Waals surface area contributed by atoms with Crippen molar-refractivity contribution in [2.45, 2.75) is 30.6 Å². The van der Waals surface area contributed by atoms with Gasteiger partial charge in [-0.1, -0.05) is 18.2 Å². The Morgan fingerprint density at radius 2 is 1.83 bits per heavy atom. The van der Waals surface area contributed by atoms with Crippen LogP contribution in [0.15, 0.2) is 41.6 Å². The van der Waals surface area contributed by atoms with Crippen LogP contribution in [0, 0.1) is 0 Å². The summed E-state index contributed by atoms with van der Waals surface area (Å²) in [4.78, 5) is 13.4. The highest BCUT2D eigenvalue weighted by atomic mass is 32.2. The van der Waals surface area contributed by atoms with E-state index in [2.05, 4.69) is 20.2 Å². The van der Waals surface area contributed by atoms with Gasteiger partial charge in [0.05, 0.1) is 10.3 Å². The van der Waals surface area contributed by atoms with E-state index < -0.39 is 10.0 Å². The van der Waals surface area contributed by atoms with E-state index in [0.29, 0.717) is 5.82 Å². The van der Waals surface area contributed by atoms with E-state index in [1.54, 1.807) is 41.7 Å². The third-order valence-corrected chi connectivity index (χ3v) is 6.57. The standard InChI is InChI=1S/C16H16N4O2S2/c21-24(22,11-6-2-1-3-7-11)20-19-15-14-12-8-4-5-9-13(12)23-16(14)18-10-17-15/h1-3,6-7,10,20H,4-5,8-9H2,(H,17,18,19). The summed E-state index contributed by atoms with van der Waals surface area (Å²) in [6.07, 6.45) is 5.84. The lowest BCUT2D eigenvalue weighted by atomic mass is 9.97. The lowest BCUT2D eigenvalue weighted by molar-refractivity contribution is 0.587. The number of aryl methyl sites for hydroxylation is 2. The van der Waals surface area contributed by atoms with Crippen molar-refractivity contribution in [2.24, 2.45) is 0 Å². The second-order valence-electron chi connectivity index (χ2n) is 5.66. The van der Waals surface area contributed by atoms with Crippen molar-refractivity contribution in [3.8, 4) is 0 Å². The van der Waals surface area contributed by atoms with E-state index in [9.17, 15) is 8.42 Å². The number of rotatable bonds is 4. The molecule has 2 N–H and O–H groups in total. The molecule has 0 saturated heterocycles. The minimum Gasteiger partial charge on any atom is -0.291 e. The number of thiophene rings is 1. The van der Waals surface area contributed by atoms with Crippen molar-refractivity contribution in [1.82, 2.24) is 14.8 Å². The molecule has 1 aromatic carbocycles. The molecule has 8 heteroatoms. The zero-order chi connectivity index (χ0) is 16.6. The van der Waals surface area contributed by atoms with Crippen molar-refractivity contribution >= 4 is 37.4 Å². The fourth-order valence-electron chi connectivity index (χ4n) is 2.96. The lowest BCUT2D eigenvalue weighted by Gasteiger charge is -2.13. The predicted molar refractivity (Wildman–Crippen MR) is 94.4 cm³/mol. The van der Waals surface area contributed by atoms with Crippen LogP contribution >= 0.6 is 11.3 Å². The van der Waals surface area contributed by atoms with Gasteiger partial charge in [0.25, 0.3) is 10.0 Å². The van der Waals surface area contributed by atoms with Crippen LogP contribution in [0.2, 0.25) is 0 Å². The molecular weight excluding hydrogens is 344 g/mol. The Kier molecular flexibility index (Phi) is 3.95. The topological polar surface area (TPSA) is 84.0 Å². The quantitative estimate of drug-likeness (QED) is 0.699. The minimum atomic E-state index is -3.65. The van der Waals surface area contributed by atoms with Crippen molar-refractivity contribution < 1.29 is 8.42 Å². The van der Waals surface area contributed by atoms with Gasteiger partial charge in [-0.15, -0.1) is 16.2 Å². The Morgan fingerprint density at radius 3 is 2.67 bits per heavy atom.